The van der Waals surface area contributed by atoms with Crippen molar-refractivity contribution in [3.63, 3.8) is 0 Å². The number of aliphatic hydroxyl groups is 1. The second-order valence-electron chi connectivity index (χ2n) is 9.28. The van der Waals surface area contributed by atoms with Crippen LogP contribution in [0.3, 0.4) is 0 Å². The van der Waals surface area contributed by atoms with Gasteiger partial charge in [0.05, 0.1) is 10.5 Å². The zero-order valence-electron chi connectivity index (χ0n) is 19.1. The third kappa shape index (κ3) is 4.49. The highest BCUT2D eigenvalue weighted by Crippen LogP contribution is 2.41. The van der Waals surface area contributed by atoms with Crippen molar-refractivity contribution >= 4 is 29.0 Å². The number of hydrogen-bond donors (Lipinski definition) is 3. The summed E-state index contributed by atoms with van der Waals surface area (Å²) in [6.45, 7) is 8.09. The van der Waals surface area contributed by atoms with E-state index in [0.717, 1.165) is 49.2 Å². The number of hydrogen-bond acceptors (Lipinski definition) is 7. The molecule has 2 aromatic rings. The van der Waals surface area contributed by atoms with Crippen LogP contribution in [-0.2, 0) is 0 Å². The van der Waals surface area contributed by atoms with E-state index in [0.29, 0.717) is 10.6 Å². The molecule has 2 bridgehead atoms. The first kappa shape index (κ1) is 22.7. The van der Waals surface area contributed by atoms with Crippen LogP contribution >= 0.6 is 11.3 Å². The number of thiazole rings is 1. The van der Waals surface area contributed by atoms with E-state index < -0.39 is 11.5 Å². The molecule has 2 amide bonds. The number of nitrogens with one attached hydrogen (secondary N) is 2. The van der Waals surface area contributed by atoms with Gasteiger partial charge < -0.3 is 20.6 Å². The highest BCUT2D eigenvalue weighted by Gasteiger charge is 2.44. The Hall–Kier alpha value is -2.52. The molecule has 172 valence electrons. The van der Waals surface area contributed by atoms with Gasteiger partial charge in [-0.25, -0.2) is 9.97 Å². The summed E-state index contributed by atoms with van der Waals surface area (Å²) in [6.07, 6.45) is 5.88. The Morgan fingerprint density at radius 2 is 1.91 bits per heavy atom. The fourth-order valence-corrected chi connectivity index (χ4v) is 5.60. The Kier molecular flexibility index (Phi) is 6.22. The van der Waals surface area contributed by atoms with Gasteiger partial charge in [-0.2, -0.15) is 0 Å². The molecule has 32 heavy (non-hydrogen) atoms. The minimum absolute atomic E-state index is 0.0955. The van der Waals surface area contributed by atoms with Crippen LogP contribution in [0, 0.1) is 6.92 Å². The van der Waals surface area contributed by atoms with Gasteiger partial charge in [-0.15, -0.1) is 11.3 Å². The number of aromatic nitrogens is 2. The molecule has 4 rings (SSSR count). The molecule has 0 unspecified atom stereocenters. The highest BCUT2D eigenvalue weighted by atomic mass is 32.1. The van der Waals surface area contributed by atoms with Crippen molar-refractivity contribution in [1.82, 2.24) is 20.2 Å². The summed E-state index contributed by atoms with van der Waals surface area (Å²) in [6, 6.07) is 2.48. The predicted molar refractivity (Wildman–Crippen MR) is 125 cm³/mol. The summed E-state index contributed by atoms with van der Waals surface area (Å²) in [5, 5.41) is 16.1. The Morgan fingerprint density at radius 1 is 1.25 bits per heavy atom. The van der Waals surface area contributed by atoms with E-state index in [2.05, 4.69) is 20.6 Å². The number of pyridine rings is 1. The lowest BCUT2D eigenvalue weighted by Gasteiger charge is -2.21. The number of fused-ring (bicyclic) bond motifs is 2. The molecule has 0 spiro atoms. The Bertz CT molecular complexity index is 1010. The lowest BCUT2D eigenvalue weighted by molar-refractivity contribution is 0.0692. The van der Waals surface area contributed by atoms with Crippen molar-refractivity contribution in [3.8, 4) is 10.4 Å². The monoisotopic (exact) mass is 457 g/mol. The molecule has 2 aromatic heterocycles. The van der Waals surface area contributed by atoms with Crippen LogP contribution in [0.15, 0.2) is 12.3 Å². The molecular formula is C23H31N5O3S. The first-order chi connectivity index (χ1) is 15.2. The predicted octanol–water partition coefficient (Wildman–Crippen LogP) is 3.21. The maximum atomic E-state index is 13.6. The van der Waals surface area contributed by atoms with Gasteiger partial charge in [-0.1, -0.05) is 0 Å². The molecule has 8 nitrogen and oxygen atoms in total. The largest absolute Gasteiger partial charge is 0.389 e. The van der Waals surface area contributed by atoms with Crippen LogP contribution in [-0.4, -0.2) is 62.6 Å². The van der Waals surface area contributed by atoms with Gasteiger partial charge in [0.25, 0.3) is 11.8 Å². The summed E-state index contributed by atoms with van der Waals surface area (Å²) in [5.41, 5.74) is 1.05. The number of amides is 2. The Labute approximate surface area is 192 Å². The third-order valence-corrected chi connectivity index (χ3v) is 7.19. The molecule has 3 N–H and O–H groups in total. The molecule has 2 fully saturated rings. The summed E-state index contributed by atoms with van der Waals surface area (Å²) in [4.78, 5) is 38.0. The zero-order chi connectivity index (χ0) is 23.0. The molecule has 0 aliphatic carbocycles. The molecule has 0 aromatic carbocycles. The zero-order valence-corrected chi connectivity index (χ0v) is 19.9. The summed E-state index contributed by atoms with van der Waals surface area (Å²) < 4.78 is 0. The van der Waals surface area contributed by atoms with E-state index in [1.807, 2.05) is 24.8 Å². The standard InChI is InChI=1S/C23H31N5O3S/c1-5-24-17-10-13(2)16(11-25-17)19-18(22(30)28-14-6-7-15(28)9-8-14)27-21(32-19)20(29)26-12-23(3,4)31/h10-11,14-15,31H,5-9,12H2,1-4H3,(H,24,25)(H,26,29). The van der Waals surface area contributed by atoms with Crippen molar-refractivity contribution in [2.45, 2.75) is 71.1 Å². The van der Waals surface area contributed by atoms with E-state index >= 15 is 0 Å². The number of aryl methyl sites for hydroxylation is 1. The number of carbonyl (C=O) groups is 2. The lowest BCUT2D eigenvalue weighted by Crippen LogP contribution is -2.38. The molecular weight excluding hydrogens is 426 g/mol. The van der Waals surface area contributed by atoms with E-state index in [9.17, 15) is 14.7 Å². The second-order valence-corrected chi connectivity index (χ2v) is 10.3. The maximum absolute atomic E-state index is 13.6. The molecule has 2 saturated heterocycles. The number of rotatable bonds is 7. The molecule has 2 aliphatic heterocycles. The van der Waals surface area contributed by atoms with Crippen molar-refractivity contribution in [1.29, 1.82) is 0 Å². The summed E-state index contributed by atoms with van der Waals surface area (Å²) in [7, 11) is 0. The average Bonchev–Trinajstić information content (AvgIpc) is 3.46. The number of carbonyl (C=O) groups excluding carboxylic acids is 2. The van der Waals surface area contributed by atoms with Gasteiger partial charge >= 0.3 is 0 Å². The maximum Gasteiger partial charge on any atom is 0.280 e. The minimum Gasteiger partial charge on any atom is -0.389 e. The van der Waals surface area contributed by atoms with Crippen LogP contribution in [0.25, 0.3) is 10.4 Å². The molecule has 4 heterocycles. The molecule has 0 radical (unpaired) electrons. The SMILES string of the molecule is CCNc1cc(C)c(-c2sc(C(=O)NCC(C)(C)O)nc2C(=O)N2C3CCC2CC3)cn1. The van der Waals surface area contributed by atoms with E-state index in [1.54, 1.807) is 20.0 Å². The smallest absolute Gasteiger partial charge is 0.280 e. The molecule has 0 saturated carbocycles. The van der Waals surface area contributed by atoms with Crippen molar-refractivity contribution in [3.05, 3.63) is 28.5 Å². The van der Waals surface area contributed by atoms with Gasteiger partial charge in [-0.05, 0) is 65.0 Å². The highest BCUT2D eigenvalue weighted by molar-refractivity contribution is 7.17. The average molecular weight is 458 g/mol. The first-order valence-electron chi connectivity index (χ1n) is 11.2. The van der Waals surface area contributed by atoms with Gasteiger partial charge in [-0.3, -0.25) is 9.59 Å². The number of anilines is 1. The Balaban J connectivity index is 1.71. The van der Waals surface area contributed by atoms with Gasteiger partial charge in [0.15, 0.2) is 5.01 Å². The van der Waals surface area contributed by atoms with Crippen molar-refractivity contribution < 1.29 is 14.7 Å². The fourth-order valence-electron chi connectivity index (χ4n) is 4.56. The van der Waals surface area contributed by atoms with Crippen LogP contribution in [0.4, 0.5) is 5.82 Å². The summed E-state index contributed by atoms with van der Waals surface area (Å²) in [5.74, 6) is 0.279. The second kappa shape index (κ2) is 8.78. The molecule has 2 aliphatic rings. The van der Waals surface area contributed by atoms with Crippen LogP contribution in [0.1, 0.15) is 72.3 Å². The molecule has 9 heteroatoms. The van der Waals surface area contributed by atoms with Crippen LogP contribution < -0.4 is 10.6 Å². The fraction of sp³-hybridized carbons (Fsp3) is 0.565. The molecule has 0 atom stereocenters. The Morgan fingerprint density at radius 3 is 2.47 bits per heavy atom. The van der Waals surface area contributed by atoms with Crippen LogP contribution in [0.5, 0.6) is 0 Å². The normalized spacial score (nSPS) is 20.0. The van der Waals surface area contributed by atoms with Crippen LogP contribution in [0.2, 0.25) is 0 Å². The quantitative estimate of drug-likeness (QED) is 0.589. The van der Waals surface area contributed by atoms with E-state index in [4.69, 9.17) is 0 Å². The van der Waals surface area contributed by atoms with Gasteiger partial charge in [0, 0.05) is 36.9 Å². The minimum atomic E-state index is -1.04. The van der Waals surface area contributed by atoms with Crippen molar-refractivity contribution in [2.75, 3.05) is 18.4 Å². The first-order valence-corrected chi connectivity index (χ1v) is 12.0. The van der Waals surface area contributed by atoms with Crippen molar-refractivity contribution in [2.24, 2.45) is 0 Å². The third-order valence-electron chi connectivity index (χ3n) is 6.11. The van der Waals surface area contributed by atoms with E-state index in [1.165, 1.54) is 11.3 Å². The van der Waals surface area contributed by atoms with Gasteiger partial charge in [0.1, 0.15) is 11.5 Å². The topological polar surface area (TPSA) is 107 Å². The van der Waals surface area contributed by atoms with Gasteiger partial charge in [0.2, 0.25) is 0 Å². The lowest BCUT2D eigenvalue weighted by atomic mass is 10.0. The number of nitrogens with zero attached hydrogens (tertiary/aromatic N) is 3. The summed E-state index contributed by atoms with van der Waals surface area (Å²) >= 11 is 1.20. The van der Waals surface area contributed by atoms with E-state index in [-0.39, 0.29) is 29.5 Å².